The molecule has 4 nitrogen and oxygen atoms in total. The van der Waals surface area contributed by atoms with Crippen LogP contribution in [0, 0.1) is 11.3 Å². The Bertz CT molecular complexity index is 941. The maximum atomic E-state index is 12.3. The second kappa shape index (κ2) is 8.32. The molecule has 126 valence electrons. The highest BCUT2D eigenvalue weighted by Gasteiger charge is 2.09. The van der Waals surface area contributed by atoms with E-state index in [1.54, 1.807) is 30.3 Å². The molecule has 0 aromatic heterocycles. The lowest BCUT2D eigenvalue weighted by Crippen LogP contribution is -2.13. The average Bonchev–Trinajstić information content (AvgIpc) is 2.69. The monoisotopic (exact) mass is 340 g/mol. The van der Waals surface area contributed by atoms with Gasteiger partial charge in [-0.3, -0.25) is 4.79 Å². The van der Waals surface area contributed by atoms with Gasteiger partial charge >= 0.3 is 0 Å². The Balaban J connectivity index is 1.67. The second-order valence-corrected chi connectivity index (χ2v) is 5.47. The van der Waals surface area contributed by atoms with E-state index in [0.29, 0.717) is 11.4 Å². The first-order chi connectivity index (χ1) is 12.7. The van der Waals surface area contributed by atoms with Crippen LogP contribution in [0.4, 0.5) is 5.69 Å². The van der Waals surface area contributed by atoms with Gasteiger partial charge in [-0.15, -0.1) is 0 Å². The molecule has 0 bridgehead atoms. The molecule has 4 heteroatoms. The maximum absolute atomic E-state index is 12.3. The smallest absolute Gasteiger partial charge is 0.266 e. The molecule has 26 heavy (non-hydrogen) atoms. The number of carbonyl (C=O) groups excluding carboxylic acids is 1. The summed E-state index contributed by atoms with van der Waals surface area (Å²) in [5, 5.41) is 12.0. The number of rotatable bonds is 5. The van der Waals surface area contributed by atoms with E-state index in [9.17, 15) is 10.1 Å². The predicted molar refractivity (Wildman–Crippen MR) is 102 cm³/mol. The summed E-state index contributed by atoms with van der Waals surface area (Å²) in [7, 11) is 0. The maximum Gasteiger partial charge on any atom is 0.266 e. The van der Waals surface area contributed by atoms with E-state index in [2.05, 4.69) is 5.32 Å². The highest BCUT2D eigenvalue weighted by atomic mass is 16.5. The van der Waals surface area contributed by atoms with E-state index >= 15 is 0 Å². The topological polar surface area (TPSA) is 62.1 Å². The minimum absolute atomic E-state index is 0.0424. The quantitative estimate of drug-likeness (QED) is 0.524. The lowest BCUT2D eigenvalue weighted by atomic mass is 10.1. The van der Waals surface area contributed by atoms with E-state index in [1.807, 2.05) is 66.7 Å². The molecule has 0 heterocycles. The highest BCUT2D eigenvalue weighted by Crippen LogP contribution is 2.22. The molecule has 0 unspecified atom stereocenters. The van der Waals surface area contributed by atoms with Crippen LogP contribution in [0.5, 0.6) is 11.5 Å². The molecular weight excluding hydrogens is 324 g/mol. The van der Waals surface area contributed by atoms with Gasteiger partial charge in [0, 0.05) is 5.69 Å². The Labute approximate surface area is 152 Å². The fourth-order valence-corrected chi connectivity index (χ4v) is 2.29. The number of amides is 1. The van der Waals surface area contributed by atoms with E-state index in [0.717, 1.165) is 11.3 Å². The molecule has 1 N–H and O–H groups in total. The molecule has 0 fully saturated rings. The molecule has 0 saturated carbocycles. The minimum Gasteiger partial charge on any atom is -0.457 e. The summed E-state index contributed by atoms with van der Waals surface area (Å²) < 4.78 is 5.71. The Hall–Kier alpha value is -3.84. The number of nitrogens with zero attached hydrogens (tertiary/aromatic N) is 1. The molecule has 0 aliphatic heterocycles. The summed E-state index contributed by atoms with van der Waals surface area (Å²) in [5.74, 6) is 0.949. The van der Waals surface area contributed by atoms with Crippen LogP contribution in [0.3, 0.4) is 0 Å². The number of nitrogens with one attached hydrogen (secondary N) is 1. The van der Waals surface area contributed by atoms with Gasteiger partial charge in [0.05, 0.1) is 0 Å². The van der Waals surface area contributed by atoms with Gasteiger partial charge < -0.3 is 10.1 Å². The van der Waals surface area contributed by atoms with Gasteiger partial charge in [-0.2, -0.15) is 5.26 Å². The van der Waals surface area contributed by atoms with E-state index in [-0.39, 0.29) is 5.57 Å². The first kappa shape index (κ1) is 17.0. The summed E-state index contributed by atoms with van der Waals surface area (Å²) in [6.07, 6.45) is 1.56. The van der Waals surface area contributed by atoms with Crippen molar-refractivity contribution in [2.75, 3.05) is 5.32 Å². The zero-order valence-corrected chi connectivity index (χ0v) is 13.9. The summed E-state index contributed by atoms with van der Waals surface area (Å²) >= 11 is 0. The van der Waals surface area contributed by atoms with Gasteiger partial charge in [-0.05, 0) is 48.0 Å². The van der Waals surface area contributed by atoms with Gasteiger partial charge in [0.1, 0.15) is 23.1 Å². The molecular formula is C22H16N2O2. The Kier molecular flexibility index (Phi) is 5.44. The first-order valence-electron chi connectivity index (χ1n) is 8.06. The molecule has 0 radical (unpaired) electrons. The summed E-state index contributed by atoms with van der Waals surface area (Å²) in [5.41, 5.74) is 1.43. The van der Waals surface area contributed by atoms with Crippen LogP contribution in [-0.2, 0) is 4.79 Å². The van der Waals surface area contributed by atoms with Gasteiger partial charge in [0.15, 0.2) is 0 Å². The molecule has 1 amide bonds. The highest BCUT2D eigenvalue weighted by molar-refractivity contribution is 6.09. The van der Waals surface area contributed by atoms with Gasteiger partial charge in [0.2, 0.25) is 0 Å². The van der Waals surface area contributed by atoms with E-state index < -0.39 is 5.91 Å². The standard InChI is InChI=1S/C22H16N2O2/c23-16-18(15-17-7-3-1-4-8-17)22(25)24-19-11-13-21(14-12-19)26-20-9-5-2-6-10-20/h1-15H,(H,24,25). The zero-order chi connectivity index (χ0) is 18.2. The van der Waals surface area contributed by atoms with Crippen molar-refractivity contribution in [1.82, 2.24) is 0 Å². The van der Waals surface area contributed by atoms with Crippen molar-refractivity contribution in [3.8, 4) is 17.6 Å². The van der Waals surface area contributed by atoms with Crippen molar-refractivity contribution < 1.29 is 9.53 Å². The van der Waals surface area contributed by atoms with Crippen LogP contribution in [0.2, 0.25) is 0 Å². The Morgan fingerprint density at radius 1 is 0.846 bits per heavy atom. The van der Waals surface area contributed by atoms with E-state index in [4.69, 9.17) is 4.74 Å². The Morgan fingerprint density at radius 2 is 1.42 bits per heavy atom. The van der Waals surface area contributed by atoms with Crippen molar-refractivity contribution >= 4 is 17.7 Å². The minimum atomic E-state index is -0.451. The molecule has 3 aromatic rings. The third-order valence-corrected chi connectivity index (χ3v) is 3.57. The third kappa shape index (κ3) is 4.59. The van der Waals surface area contributed by atoms with Crippen LogP contribution in [0.15, 0.2) is 90.5 Å². The second-order valence-electron chi connectivity index (χ2n) is 5.47. The summed E-state index contributed by atoms with van der Waals surface area (Å²) in [6, 6.07) is 27.6. The zero-order valence-electron chi connectivity index (χ0n) is 13.9. The lowest BCUT2D eigenvalue weighted by molar-refractivity contribution is -0.112. The number of ether oxygens (including phenoxy) is 1. The number of benzene rings is 3. The molecule has 0 aliphatic rings. The molecule has 0 atom stereocenters. The fourth-order valence-electron chi connectivity index (χ4n) is 2.29. The van der Waals surface area contributed by atoms with Crippen molar-refractivity contribution in [2.24, 2.45) is 0 Å². The first-order valence-corrected chi connectivity index (χ1v) is 8.06. The largest absolute Gasteiger partial charge is 0.457 e. The van der Waals surface area contributed by atoms with Gasteiger partial charge in [-0.25, -0.2) is 0 Å². The van der Waals surface area contributed by atoms with Crippen molar-refractivity contribution in [3.63, 3.8) is 0 Å². The molecule has 3 aromatic carbocycles. The third-order valence-electron chi connectivity index (χ3n) is 3.57. The van der Waals surface area contributed by atoms with Crippen LogP contribution >= 0.6 is 0 Å². The number of anilines is 1. The number of carbonyl (C=O) groups is 1. The van der Waals surface area contributed by atoms with Crippen LogP contribution in [0.1, 0.15) is 5.56 Å². The van der Waals surface area contributed by atoms with Crippen molar-refractivity contribution in [1.29, 1.82) is 5.26 Å². The molecule has 3 rings (SSSR count). The van der Waals surface area contributed by atoms with Crippen LogP contribution in [0.25, 0.3) is 6.08 Å². The van der Waals surface area contributed by atoms with Gasteiger partial charge in [0.25, 0.3) is 5.91 Å². The number of hydrogen-bond acceptors (Lipinski definition) is 3. The fraction of sp³-hybridized carbons (Fsp3) is 0. The van der Waals surface area contributed by atoms with Crippen LogP contribution in [-0.4, -0.2) is 5.91 Å². The molecule has 0 aliphatic carbocycles. The number of para-hydroxylation sites is 1. The predicted octanol–water partition coefficient (Wildman–Crippen LogP) is 5.02. The lowest BCUT2D eigenvalue weighted by Gasteiger charge is -2.08. The van der Waals surface area contributed by atoms with Crippen molar-refractivity contribution in [2.45, 2.75) is 0 Å². The normalized spacial score (nSPS) is 10.7. The van der Waals surface area contributed by atoms with E-state index in [1.165, 1.54) is 0 Å². The molecule has 0 spiro atoms. The van der Waals surface area contributed by atoms with Gasteiger partial charge in [-0.1, -0.05) is 48.5 Å². The molecule has 0 saturated heterocycles. The average molecular weight is 340 g/mol. The van der Waals surface area contributed by atoms with Crippen molar-refractivity contribution in [3.05, 3.63) is 96.1 Å². The SMILES string of the molecule is N#CC(=Cc1ccccc1)C(=O)Nc1ccc(Oc2ccccc2)cc1. The van der Waals surface area contributed by atoms with Crippen LogP contribution < -0.4 is 10.1 Å². The summed E-state index contributed by atoms with van der Waals surface area (Å²) in [4.78, 5) is 12.3. The number of nitriles is 1. The number of hydrogen-bond donors (Lipinski definition) is 1. The summed E-state index contributed by atoms with van der Waals surface area (Å²) in [6.45, 7) is 0. The Morgan fingerprint density at radius 3 is 2.04 bits per heavy atom.